The van der Waals surface area contributed by atoms with E-state index in [2.05, 4.69) is 25.2 Å². The number of hydrogen-bond acceptors (Lipinski definition) is 2. The van der Waals surface area contributed by atoms with Crippen LogP contribution in [-0.2, 0) is 12.8 Å². The summed E-state index contributed by atoms with van der Waals surface area (Å²) in [5, 5.41) is 3.45. The smallest absolute Gasteiger partial charge is 0.261 e. The predicted octanol–water partition coefficient (Wildman–Crippen LogP) is 5.21. The second-order valence-corrected chi connectivity index (χ2v) is 11.0. The molecular formula is C22H31NOS. The van der Waals surface area contributed by atoms with Crippen LogP contribution in [0.1, 0.15) is 78.9 Å². The standard InChI is InChI=1S/C22H31NOS/c1-13-3-4-19-18(5-13)9-20(25-19)21(24)23-14(2)22-10-15-6-16(11-22)8-17(7-15)12-22/h9,13-17H,3-8,10-12H2,1-2H3,(H,23,24)/t13-,14-,15?,16?,17?,22?/m0/s1. The maximum absolute atomic E-state index is 12.9. The maximum Gasteiger partial charge on any atom is 0.261 e. The molecule has 1 heterocycles. The van der Waals surface area contributed by atoms with Crippen LogP contribution >= 0.6 is 11.3 Å². The summed E-state index contributed by atoms with van der Waals surface area (Å²) in [5.74, 6) is 3.79. The number of thiophene rings is 1. The van der Waals surface area contributed by atoms with E-state index in [1.807, 2.05) is 0 Å². The van der Waals surface area contributed by atoms with E-state index in [9.17, 15) is 4.79 Å². The molecule has 0 saturated heterocycles. The number of hydrogen-bond donors (Lipinski definition) is 1. The van der Waals surface area contributed by atoms with Crippen molar-refractivity contribution in [2.75, 3.05) is 0 Å². The molecule has 4 bridgehead atoms. The van der Waals surface area contributed by atoms with E-state index >= 15 is 0 Å². The lowest BCUT2D eigenvalue weighted by atomic mass is 9.48. The Morgan fingerprint density at radius 2 is 1.84 bits per heavy atom. The third-order valence-electron chi connectivity index (χ3n) is 7.90. The van der Waals surface area contributed by atoms with Gasteiger partial charge in [0.05, 0.1) is 4.88 Å². The molecule has 1 aromatic rings. The van der Waals surface area contributed by atoms with Crippen LogP contribution < -0.4 is 5.32 Å². The zero-order valence-electron chi connectivity index (χ0n) is 15.6. The number of carbonyl (C=O) groups excluding carboxylic acids is 1. The third-order valence-corrected chi connectivity index (χ3v) is 9.14. The van der Waals surface area contributed by atoms with E-state index in [-0.39, 0.29) is 5.91 Å². The molecule has 25 heavy (non-hydrogen) atoms. The molecule has 1 amide bonds. The highest BCUT2D eigenvalue weighted by Crippen LogP contribution is 2.61. The van der Waals surface area contributed by atoms with E-state index in [0.717, 1.165) is 35.0 Å². The topological polar surface area (TPSA) is 29.1 Å². The molecule has 0 aromatic carbocycles. The molecule has 0 unspecified atom stereocenters. The highest BCUT2D eigenvalue weighted by molar-refractivity contribution is 7.14. The molecular weight excluding hydrogens is 326 g/mol. The summed E-state index contributed by atoms with van der Waals surface area (Å²) in [6, 6.07) is 2.52. The number of fused-ring (bicyclic) bond motifs is 1. The van der Waals surface area contributed by atoms with Crippen LogP contribution in [0.3, 0.4) is 0 Å². The van der Waals surface area contributed by atoms with Crippen molar-refractivity contribution in [3.05, 3.63) is 21.4 Å². The van der Waals surface area contributed by atoms with Crippen LogP contribution in [0, 0.1) is 29.1 Å². The molecule has 2 atom stereocenters. The van der Waals surface area contributed by atoms with Gasteiger partial charge in [0.2, 0.25) is 0 Å². The van der Waals surface area contributed by atoms with Gasteiger partial charge in [-0.3, -0.25) is 4.79 Å². The first-order chi connectivity index (χ1) is 12.0. The van der Waals surface area contributed by atoms with Crippen LogP contribution in [0.25, 0.3) is 0 Å². The third kappa shape index (κ3) is 2.78. The molecule has 3 heteroatoms. The molecule has 5 aliphatic carbocycles. The lowest BCUT2D eigenvalue weighted by Crippen LogP contribution is -2.55. The van der Waals surface area contributed by atoms with Gasteiger partial charge in [-0.25, -0.2) is 0 Å². The Hall–Kier alpha value is -0.830. The van der Waals surface area contributed by atoms with Gasteiger partial charge >= 0.3 is 0 Å². The first-order valence-electron chi connectivity index (χ1n) is 10.4. The summed E-state index contributed by atoms with van der Waals surface area (Å²) >= 11 is 1.75. The van der Waals surface area contributed by atoms with Gasteiger partial charge in [-0.1, -0.05) is 6.92 Å². The summed E-state index contributed by atoms with van der Waals surface area (Å²) in [6.07, 6.45) is 12.1. The monoisotopic (exact) mass is 357 g/mol. The van der Waals surface area contributed by atoms with Crippen molar-refractivity contribution in [1.29, 1.82) is 0 Å². The van der Waals surface area contributed by atoms with E-state index < -0.39 is 0 Å². The number of amides is 1. The van der Waals surface area contributed by atoms with Crippen molar-refractivity contribution < 1.29 is 4.79 Å². The minimum absolute atomic E-state index is 0.190. The Labute approximate surface area is 155 Å². The summed E-state index contributed by atoms with van der Waals surface area (Å²) in [5.41, 5.74) is 1.84. The molecule has 0 aliphatic heterocycles. The molecule has 2 nitrogen and oxygen atoms in total. The largest absolute Gasteiger partial charge is 0.348 e. The van der Waals surface area contributed by atoms with Gasteiger partial charge in [0.1, 0.15) is 0 Å². The fraction of sp³-hybridized carbons (Fsp3) is 0.773. The SMILES string of the molecule is C[C@H]1CCc2sc(C(=O)N[C@@H](C)C34CC5CC(CC(C5)C3)C4)cc2C1. The predicted molar refractivity (Wildman–Crippen MR) is 103 cm³/mol. The average Bonchev–Trinajstić information content (AvgIpc) is 2.96. The summed E-state index contributed by atoms with van der Waals surface area (Å²) in [4.78, 5) is 15.4. The van der Waals surface area contributed by atoms with Crippen LogP contribution in [0.5, 0.6) is 0 Å². The van der Waals surface area contributed by atoms with Crippen molar-refractivity contribution >= 4 is 17.2 Å². The molecule has 1 aromatic heterocycles. The zero-order chi connectivity index (χ0) is 17.2. The van der Waals surface area contributed by atoms with Crippen LogP contribution in [0.15, 0.2) is 6.07 Å². The van der Waals surface area contributed by atoms with Gasteiger partial charge in [-0.2, -0.15) is 0 Å². The fourth-order valence-corrected chi connectivity index (χ4v) is 8.06. The second-order valence-electron chi connectivity index (χ2n) is 9.88. The van der Waals surface area contributed by atoms with E-state index in [4.69, 9.17) is 0 Å². The lowest BCUT2D eigenvalue weighted by molar-refractivity contribution is -0.0687. The molecule has 6 rings (SSSR count). The van der Waals surface area contributed by atoms with Crippen LogP contribution in [0.4, 0.5) is 0 Å². The Bertz CT molecular complexity index is 655. The van der Waals surface area contributed by atoms with Crippen molar-refractivity contribution in [2.24, 2.45) is 29.1 Å². The van der Waals surface area contributed by atoms with Crippen LogP contribution in [0.2, 0.25) is 0 Å². The molecule has 0 radical (unpaired) electrons. The van der Waals surface area contributed by atoms with E-state index in [1.165, 1.54) is 61.8 Å². The molecule has 136 valence electrons. The first kappa shape index (κ1) is 16.4. The number of aryl methyl sites for hydroxylation is 1. The fourth-order valence-electron chi connectivity index (χ4n) is 6.95. The summed E-state index contributed by atoms with van der Waals surface area (Å²) < 4.78 is 0. The van der Waals surface area contributed by atoms with Gasteiger partial charge in [-0.15, -0.1) is 11.3 Å². The van der Waals surface area contributed by atoms with Crippen LogP contribution in [-0.4, -0.2) is 11.9 Å². The maximum atomic E-state index is 12.9. The minimum atomic E-state index is 0.190. The van der Waals surface area contributed by atoms with Gasteiger partial charge in [0, 0.05) is 10.9 Å². The Balaban J connectivity index is 1.31. The minimum Gasteiger partial charge on any atom is -0.348 e. The Kier molecular flexibility index (Phi) is 3.82. The quantitative estimate of drug-likeness (QED) is 0.791. The van der Waals surface area contributed by atoms with Gasteiger partial charge in [-0.05, 0) is 105 Å². The second kappa shape index (κ2) is 5.84. The number of rotatable bonds is 3. The number of carbonyl (C=O) groups is 1. The number of nitrogens with one attached hydrogen (secondary N) is 1. The van der Waals surface area contributed by atoms with Crippen molar-refractivity contribution in [2.45, 2.75) is 77.7 Å². The first-order valence-corrected chi connectivity index (χ1v) is 11.2. The van der Waals surface area contributed by atoms with Crippen molar-refractivity contribution in [3.63, 3.8) is 0 Å². The summed E-state index contributed by atoms with van der Waals surface area (Å²) in [7, 11) is 0. The average molecular weight is 358 g/mol. The van der Waals surface area contributed by atoms with Crippen molar-refractivity contribution in [3.8, 4) is 0 Å². The highest BCUT2D eigenvalue weighted by atomic mass is 32.1. The lowest BCUT2D eigenvalue weighted by Gasteiger charge is -2.59. The summed E-state index contributed by atoms with van der Waals surface area (Å²) in [6.45, 7) is 4.62. The highest BCUT2D eigenvalue weighted by Gasteiger charge is 2.53. The normalized spacial score (nSPS) is 39.9. The van der Waals surface area contributed by atoms with Gasteiger partial charge < -0.3 is 5.32 Å². The molecule has 4 fully saturated rings. The van der Waals surface area contributed by atoms with Gasteiger partial charge in [0.25, 0.3) is 5.91 Å². The molecule has 4 saturated carbocycles. The van der Waals surface area contributed by atoms with Gasteiger partial charge in [0.15, 0.2) is 0 Å². The van der Waals surface area contributed by atoms with Crippen molar-refractivity contribution in [1.82, 2.24) is 5.32 Å². The molecule has 0 spiro atoms. The van der Waals surface area contributed by atoms with E-state index in [0.29, 0.717) is 11.5 Å². The Morgan fingerprint density at radius 3 is 2.48 bits per heavy atom. The molecule has 5 aliphatic rings. The Morgan fingerprint density at radius 1 is 1.20 bits per heavy atom. The van der Waals surface area contributed by atoms with E-state index in [1.54, 1.807) is 11.3 Å². The zero-order valence-corrected chi connectivity index (χ0v) is 16.5. The molecule has 1 N–H and O–H groups in total.